The van der Waals surface area contributed by atoms with E-state index in [9.17, 15) is 13.2 Å². The minimum absolute atomic E-state index is 0.264. The highest BCUT2D eigenvalue weighted by Gasteiger charge is 2.37. The maximum atomic E-state index is 14.6. The van der Waals surface area contributed by atoms with Crippen LogP contribution < -0.4 is 19.6 Å². The molecule has 0 spiro atoms. The molecule has 11 aromatic rings. The highest BCUT2D eigenvalue weighted by molar-refractivity contribution is 5.89. The first-order chi connectivity index (χ1) is 38.3. The second kappa shape index (κ2) is 20.7. The summed E-state index contributed by atoms with van der Waals surface area (Å²) >= 11 is 0. The fraction of sp³-hybridized carbons (Fsp3) is 0.0833. The van der Waals surface area contributed by atoms with Crippen molar-refractivity contribution >= 4 is 62.6 Å². The zero-order chi connectivity index (χ0) is 54.4. The summed E-state index contributed by atoms with van der Waals surface area (Å²) in [5.41, 5.74) is 21.6. The fourth-order valence-corrected chi connectivity index (χ4v) is 11.0. The lowest BCUT2D eigenvalue weighted by atomic mass is 9.82. The zero-order valence-electron chi connectivity index (χ0n) is 44.7. The predicted molar refractivity (Wildman–Crippen MR) is 323 cm³/mol. The Labute approximate surface area is 461 Å². The maximum absolute atomic E-state index is 14.6. The predicted octanol–water partition coefficient (Wildman–Crippen LogP) is 20.5. The van der Waals surface area contributed by atoms with Gasteiger partial charge in [-0.1, -0.05) is 110 Å². The molecule has 0 amide bonds. The van der Waals surface area contributed by atoms with Crippen molar-refractivity contribution in [3.05, 3.63) is 294 Å². The Hall–Kier alpha value is -9.59. The minimum Gasteiger partial charge on any atom is -0.345 e. The summed E-state index contributed by atoms with van der Waals surface area (Å²) in [4.78, 5) is 8.68. The smallest absolute Gasteiger partial charge is 0.123 e. The summed E-state index contributed by atoms with van der Waals surface area (Å²) in [6, 6.07) is 84.4. The van der Waals surface area contributed by atoms with Gasteiger partial charge in [-0.15, -0.1) is 0 Å². The number of hydrogen-bond donors (Lipinski definition) is 0. The molecule has 0 aromatic heterocycles. The number of aryl methyl sites for hydroxylation is 2. The molecule has 0 fully saturated rings. The minimum atomic E-state index is -0.412. The third-order valence-electron chi connectivity index (χ3n) is 15.4. The van der Waals surface area contributed by atoms with Gasteiger partial charge in [-0.05, 0) is 228 Å². The second-order valence-corrected chi connectivity index (χ2v) is 20.9. The van der Waals surface area contributed by atoms with Crippen molar-refractivity contribution in [1.29, 1.82) is 0 Å². The van der Waals surface area contributed by atoms with E-state index in [1.54, 1.807) is 12.1 Å². The summed E-state index contributed by atoms with van der Waals surface area (Å²) in [6.45, 7) is 8.76. The summed E-state index contributed by atoms with van der Waals surface area (Å²) in [6.07, 6.45) is 0. The Morgan fingerprint density at radius 1 is 0.266 bits per heavy atom. The molecule has 0 atom stereocenters. The van der Waals surface area contributed by atoms with Crippen LogP contribution in [0.2, 0.25) is 0 Å². The Bertz CT molecular complexity index is 3890. The number of nitrogens with zero attached hydrogens (tertiary/aromatic N) is 4. The molecule has 0 aliphatic heterocycles. The largest absolute Gasteiger partial charge is 0.345 e. The molecule has 0 bridgehead atoms. The zero-order valence-corrected chi connectivity index (χ0v) is 44.7. The van der Waals surface area contributed by atoms with Crippen molar-refractivity contribution in [2.75, 3.05) is 26.6 Å². The average Bonchev–Trinajstić information content (AvgIpc) is 4.00. The molecular weight excluding hydrogens is 978 g/mol. The van der Waals surface area contributed by atoms with Gasteiger partial charge in [-0.25, -0.2) is 13.2 Å². The van der Waals surface area contributed by atoms with Crippen LogP contribution in [0.4, 0.5) is 75.7 Å². The van der Waals surface area contributed by atoms with E-state index in [4.69, 9.17) is 0 Å². The first kappa shape index (κ1) is 50.2. The Morgan fingerprint density at radius 2 is 0.481 bits per heavy atom. The van der Waals surface area contributed by atoms with Gasteiger partial charge in [0, 0.05) is 75.0 Å². The van der Waals surface area contributed by atoms with Crippen LogP contribution in [0.25, 0.3) is 33.4 Å². The lowest BCUT2D eigenvalue weighted by molar-refractivity contribution is 0.627. The van der Waals surface area contributed by atoms with Crippen LogP contribution in [-0.4, -0.2) is 7.05 Å². The topological polar surface area (TPSA) is 13.0 Å². The van der Waals surface area contributed by atoms with Crippen molar-refractivity contribution in [3.63, 3.8) is 0 Å². The molecule has 12 rings (SSSR count). The summed E-state index contributed by atoms with van der Waals surface area (Å²) in [5.74, 6) is -0.860. The lowest BCUT2D eigenvalue weighted by Crippen LogP contribution is -2.17. The molecule has 0 saturated heterocycles. The molecule has 11 aromatic carbocycles. The molecule has 7 heteroatoms. The molecule has 0 saturated carbocycles. The molecule has 0 heterocycles. The van der Waals surface area contributed by atoms with E-state index in [-0.39, 0.29) is 17.5 Å². The number of fused-ring (bicyclic) bond motifs is 3. The van der Waals surface area contributed by atoms with Crippen LogP contribution in [0.15, 0.2) is 255 Å². The lowest BCUT2D eigenvalue weighted by Gasteiger charge is -2.29. The Kier molecular flexibility index (Phi) is 13.2. The van der Waals surface area contributed by atoms with Crippen LogP contribution >= 0.6 is 0 Å². The van der Waals surface area contributed by atoms with Crippen LogP contribution in [0.1, 0.15) is 36.1 Å². The van der Waals surface area contributed by atoms with Crippen molar-refractivity contribution in [1.82, 2.24) is 0 Å². The van der Waals surface area contributed by atoms with Gasteiger partial charge in [0.25, 0.3) is 0 Å². The van der Waals surface area contributed by atoms with Gasteiger partial charge >= 0.3 is 0 Å². The van der Waals surface area contributed by atoms with Crippen LogP contribution in [-0.2, 0) is 5.41 Å². The number of rotatable bonds is 13. The van der Waals surface area contributed by atoms with Crippen molar-refractivity contribution in [2.24, 2.45) is 0 Å². The quantitative estimate of drug-likeness (QED) is 0.114. The van der Waals surface area contributed by atoms with Gasteiger partial charge in [-0.2, -0.15) is 0 Å². The molecule has 0 unspecified atom stereocenters. The maximum Gasteiger partial charge on any atom is 0.123 e. The molecule has 1 aliphatic rings. The monoisotopic (exact) mass is 1030 g/mol. The molecule has 0 radical (unpaired) electrons. The highest BCUT2D eigenvalue weighted by atomic mass is 19.1. The van der Waals surface area contributed by atoms with E-state index >= 15 is 0 Å². The van der Waals surface area contributed by atoms with E-state index in [0.29, 0.717) is 0 Å². The fourth-order valence-electron chi connectivity index (χ4n) is 11.0. The molecule has 0 N–H and O–H groups in total. The summed E-state index contributed by atoms with van der Waals surface area (Å²) in [7, 11) is 1.97. The number of halogens is 3. The summed E-state index contributed by atoms with van der Waals surface area (Å²) < 4.78 is 42.7. The van der Waals surface area contributed by atoms with Crippen molar-refractivity contribution in [2.45, 2.75) is 33.1 Å². The van der Waals surface area contributed by atoms with E-state index in [2.05, 4.69) is 224 Å². The number of hydrogen-bond acceptors (Lipinski definition) is 4. The SMILES string of the molecule is Cc1ccc(N(c2ccc(C)cc2)c2ccc(-c3ccc(N(c4ccc(F)cc4)c4ccc5c(c4)C(C)(C)c4cc(N(c6ccc(F)cc6)c6ccc(-c7ccc(N(C)c8ccc(F)cc8)cc7)cc6)ccc4-5)cc3)cc2)cc1. The molecule has 79 heavy (non-hydrogen) atoms. The first-order valence-electron chi connectivity index (χ1n) is 26.6. The van der Waals surface area contributed by atoms with Crippen molar-refractivity contribution in [3.8, 4) is 33.4 Å². The van der Waals surface area contributed by atoms with E-state index < -0.39 is 5.41 Å². The van der Waals surface area contributed by atoms with Gasteiger partial charge in [0.2, 0.25) is 0 Å². The van der Waals surface area contributed by atoms with Gasteiger partial charge < -0.3 is 19.6 Å². The molecular formula is C72H57F3N4. The number of anilines is 11. The Balaban J connectivity index is 0.836. The van der Waals surface area contributed by atoms with Gasteiger partial charge in [-0.3, -0.25) is 0 Å². The molecule has 1 aliphatic carbocycles. The standard InChI is InChI=1S/C72H57F3N4/c1-48-6-24-59(25-7-48)77(60-26-8-49(2)9-27-60)61-30-12-52(13-31-61)53-16-34-63(35-17-53)79(65-40-22-56(75)23-41-65)67-43-45-69-68-44-42-66(46-70(68)72(3,4)71(69)47-67)78(64-38-20-55(74)21-39-64)62-32-14-51(15-33-62)50-10-28-57(29-11-50)76(5)58-36-18-54(73)19-37-58/h6-47H,1-5H3. The van der Waals surface area contributed by atoms with Crippen LogP contribution in [0.3, 0.4) is 0 Å². The van der Waals surface area contributed by atoms with Gasteiger partial charge in [0.15, 0.2) is 0 Å². The van der Waals surface area contributed by atoms with Gasteiger partial charge in [0.1, 0.15) is 17.5 Å². The van der Waals surface area contributed by atoms with Crippen LogP contribution in [0, 0.1) is 31.3 Å². The highest BCUT2D eigenvalue weighted by Crippen LogP contribution is 2.53. The van der Waals surface area contributed by atoms with E-state index in [1.807, 2.05) is 36.2 Å². The van der Waals surface area contributed by atoms with E-state index in [0.717, 1.165) is 95.9 Å². The summed E-state index contributed by atoms with van der Waals surface area (Å²) in [5, 5.41) is 0. The van der Waals surface area contributed by atoms with Crippen molar-refractivity contribution < 1.29 is 13.2 Å². The Morgan fingerprint density at radius 3 is 0.772 bits per heavy atom. The normalized spacial score (nSPS) is 12.2. The first-order valence-corrected chi connectivity index (χ1v) is 26.6. The molecule has 386 valence electrons. The number of benzene rings is 11. The molecule has 4 nitrogen and oxygen atoms in total. The average molecular weight is 1040 g/mol. The third-order valence-corrected chi connectivity index (χ3v) is 15.4. The van der Waals surface area contributed by atoms with E-state index in [1.165, 1.54) is 58.7 Å². The van der Waals surface area contributed by atoms with Gasteiger partial charge in [0.05, 0.1) is 0 Å². The second-order valence-electron chi connectivity index (χ2n) is 20.9. The third kappa shape index (κ3) is 9.92. The van der Waals surface area contributed by atoms with Crippen LogP contribution in [0.5, 0.6) is 0 Å².